The average molecular weight is 517 g/mol. The van der Waals surface area contributed by atoms with E-state index in [1.807, 2.05) is 0 Å². The van der Waals surface area contributed by atoms with E-state index in [2.05, 4.69) is 20.8 Å². The van der Waals surface area contributed by atoms with Crippen molar-refractivity contribution in [2.45, 2.75) is 29.5 Å². The summed E-state index contributed by atoms with van der Waals surface area (Å²) in [6.07, 6.45) is -0.00333. The predicted octanol–water partition coefficient (Wildman–Crippen LogP) is -0.778. The van der Waals surface area contributed by atoms with E-state index in [9.17, 15) is 24.3 Å². The molecule has 2 aliphatic heterocycles. The highest BCUT2D eigenvalue weighted by molar-refractivity contribution is 8.01. The predicted molar refractivity (Wildman–Crippen MR) is 117 cm³/mol. The van der Waals surface area contributed by atoms with Crippen LogP contribution in [0.1, 0.15) is 4.88 Å². The first-order valence-electron chi connectivity index (χ1n) is 9.15. The average Bonchev–Trinajstić information content (AvgIpc) is 3.38. The molecule has 2 atom stereocenters. The molecule has 0 saturated carbocycles. The number of aliphatic hydroxyl groups is 1. The van der Waals surface area contributed by atoms with Crippen LogP contribution in [0.2, 0.25) is 0 Å². The quantitative estimate of drug-likeness (QED) is 0.282. The third-order valence-electron chi connectivity index (χ3n) is 4.59. The molecule has 0 radical (unpaired) electrons. The van der Waals surface area contributed by atoms with Crippen LogP contribution < -0.4 is 9.37 Å². The summed E-state index contributed by atoms with van der Waals surface area (Å²) in [5.41, 5.74) is 0.456. The number of carbonyl (C=O) groups is 3. The molecule has 2 amide bonds. The van der Waals surface area contributed by atoms with Gasteiger partial charge in [0.25, 0.3) is 9.96 Å². The lowest BCUT2D eigenvalue weighted by atomic mass is 10.0. The fraction of sp³-hybridized carbons (Fsp3) is 0.438. The lowest BCUT2D eigenvalue weighted by molar-refractivity contribution is -0.150. The van der Waals surface area contributed by atoms with Gasteiger partial charge in [-0.25, -0.2) is 9.48 Å². The van der Waals surface area contributed by atoms with Gasteiger partial charge in [-0.2, -0.15) is 0 Å². The fourth-order valence-electron chi connectivity index (χ4n) is 3.21. The summed E-state index contributed by atoms with van der Waals surface area (Å²) < 4.78 is 1.31. The molecule has 16 heteroatoms. The number of β-lactam (4-membered cyclic amide) rings is 1. The molecule has 2 aliphatic rings. The van der Waals surface area contributed by atoms with Crippen LogP contribution in [0.25, 0.3) is 0 Å². The van der Waals surface area contributed by atoms with Gasteiger partial charge in [-0.05, 0) is 16.0 Å². The summed E-state index contributed by atoms with van der Waals surface area (Å²) in [6, 6.07) is -0.816. The van der Waals surface area contributed by atoms with Gasteiger partial charge in [-0.3, -0.25) is 19.3 Å². The fourth-order valence-corrected chi connectivity index (χ4v) is 7.32. The highest BCUT2D eigenvalue weighted by Gasteiger charge is 2.54. The van der Waals surface area contributed by atoms with Gasteiger partial charge in [0.2, 0.25) is 11.1 Å². The van der Waals surface area contributed by atoms with Crippen molar-refractivity contribution in [3.05, 3.63) is 30.4 Å². The Morgan fingerprint density at radius 3 is 2.84 bits per heavy atom. The molecule has 170 valence electrons. The summed E-state index contributed by atoms with van der Waals surface area (Å²) in [7, 11) is 0. The highest BCUT2D eigenvalue weighted by Crippen LogP contribution is 2.41. The lowest BCUT2D eigenvalue weighted by Gasteiger charge is -2.49. The molecule has 3 N–H and O–H groups in total. The number of amides is 2. The van der Waals surface area contributed by atoms with Crippen LogP contribution in [0.15, 0.2) is 26.6 Å². The van der Waals surface area contributed by atoms with Crippen LogP contribution in [-0.4, -0.2) is 82.6 Å². The molecule has 0 aromatic carbocycles. The first-order chi connectivity index (χ1) is 15.4. The van der Waals surface area contributed by atoms with Gasteiger partial charge >= 0.3 is 5.97 Å². The molecule has 2 unspecified atom stereocenters. The Morgan fingerprint density at radius 2 is 2.16 bits per heavy atom. The van der Waals surface area contributed by atoms with E-state index in [-0.39, 0.29) is 35.1 Å². The number of hydrogen-bond acceptors (Lipinski definition) is 12. The SMILES string of the molecule is O=C(Cc1csc(=O)s1)NC1C(=O)N2C(C(=O)O)=C(CSc3nnnn3CCO)CSC12. The van der Waals surface area contributed by atoms with Crippen molar-refractivity contribution in [3.8, 4) is 0 Å². The van der Waals surface area contributed by atoms with Gasteiger partial charge in [-0.1, -0.05) is 34.4 Å². The second kappa shape index (κ2) is 9.70. The Bertz CT molecular complexity index is 1140. The summed E-state index contributed by atoms with van der Waals surface area (Å²) >= 11 is 4.59. The topological polar surface area (TPSA) is 168 Å². The number of aliphatic carboxylic acids is 1. The van der Waals surface area contributed by atoms with Gasteiger partial charge in [0.1, 0.15) is 17.1 Å². The van der Waals surface area contributed by atoms with Crippen LogP contribution >= 0.6 is 46.2 Å². The minimum atomic E-state index is -1.22. The highest BCUT2D eigenvalue weighted by atomic mass is 32.2. The summed E-state index contributed by atoms with van der Waals surface area (Å²) in [6.45, 7) is 0.0744. The molecular weight excluding hydrogens is 500 g/mol. The minimum absolute atomic E-state index is 0.00333. The molecule has 4 heterocycles. The van der Waals surface area contributed by atoms with Crippen molar-refractivity contribution >= 4 is 64.0 Å². The van der Waals surface area contributed by atoms with Gasteiger partial charge in [-0.15, -0.1) is 16.9 Å². The number of hydrogen-bond donors (Lipinski definition) is 3. The maximum Gasteiger partial charge on any atom is 0.352 e. The summed E-state index contributed by atoms with van der Waals surface area (Å²) in [5.74, 6) is -1.48. The smallest absolute Gasteiger partial charge is 0.352 e. The van der Waals surface area contributed by atoms with Crippen LogP contribution in [-0.2, 0) is 27.3 Å². The normalized spacial score (nSPS) is 20.2. The molecule has 1 saturated heterocycles. The number of aromatic nitrogens is 4. The number of nitrogens with zero attached hydrogens (tertiary/aromatic N) is 5. The molecule has 0 spiro atoms. The molecule has 2 aromatic heterocycles. The monoisotopic (exact) mass is 516 g/mol. The van der Waals surface area contributed by atoms with E-state index < -0.39 is 29.2 Å². The largest absolute Gasteiger partial charge is 0.477 e. The standard InChI is InChI=1S/C16H16N6O6S4/c23-2-1-21-15(18-19-20-21)30-5-7-4-29-13-10(12(25)22(13)11(7)14(26)27)17-9(24)3-8-6-31-16(28)32-8/h6,10,13,23H,1-5H2,(H,17,24)(H,26,27). The summed E-state index contributed by atoms with van der Waals surface area (Å²) in [5, 5.41) is 34.2. The molecule has 1 fully saturated rings. The van der Waals surface area contributed by atoms with Crippen molar-refractivity contribution in [2.24, 2.45) is 0 Å². The Labute approximate surface area is 196 Å². The van der Waals surface area contributed by atoms with Crippen molar-refractivity contribution in [1.82, 2.24) is 30.4 Å². The number of carbonyl (C=O) groups excluding carboxylic acids is 2. The van der Waals surface area contributed by atoms with E-state index in [1.165, 1.54) is 33.1 Å². The van der Waals surface area contributed by atoms with E-state index in [1.54, 1.807) is 5.38 Å². The van der Waals surface area contributed by atoms with Crippen molar-refractivity contribution in [1.29, 1.82) is 0 Å². The molecule has 4 rings (SSSR count). The van der Waals surface area contributed by atoms with Crippen molar-refractivity contribution < 1.29 is 24.6 Å². The second-order valence-electron chi connectivity index (χ2n) is 6.64. The Hall–Kier alpha value is -2.27. The van der Waals surface area contributed by atoms with Crippen molar-refractivity contribution in [2.75, 3.05) is 18.1 Å². The molecule has 0 bridgehead atoms. The number of thioether (sulfide) groups is 2. The van der Waals surface area contributed by atoms with E-state index in [4.69, 9.17) is 5.11 Å². The van der Waals surface area contributed by atoms with Crippen LogP contribution in [0.3, 0.4) is 0 Å². The number of carboxylic acid groups (broad SMARTS) is 1. The number of rotatable bonds is 9. The number of fused-ring (bicyclic) bond motifs is 1. The zero-order valence-electron chi connectivity index (χ0n) is 16.2. The van der Waals surface area contributed by atoms with Crippen LogP contribution in [0.4, 0.5) is 0 Å². The van der Waals surface area contributed by atoms with Gasteiger partial charge in [0.15, 0.2) is 0 Å². The Balaban J connectivity index is 1.43. The number of aliphatic hydroxyl groups excluding tert-OH is 1. The summed E-state index contributed by atoms with van der Waals surface area (Å²) in [4.78, 5) is 50.0. The zero-order chi connectivity index (χ0) is 22.8. The molecular formula is C16H16N6O6S4. The number of nitrogens with one attached hydrogen (secondary N) is 1. The first-order valence-corrected chi connectivity index (χ1v) is 12.9. The Kier molecular flexibility index (Phi) is 6.94. The van der Waals surface area contributed by atoms with E-state index >= 15 is 0 Å². The minimum Gasteiger partial charge on any atom is -0.477 e. The molecule has 12 nitrogen and oxygen atoms in total. The molecule has 2 aromatic rings. The Morgan fingerprint density at radius 1 is 1.34 bits per heavy atom. The van der Waals surface area contributed by atoms with Crippen LogP contribution in [0.5, 0.6) is 0 Å². The first kappa shape index (κ1) is 22.9. The maximum atomic E-state index is 12.7. The van der Waals surface area contributed by atoms with E-state index in [0.29, 0.717) is 21.4 Å². The van der Waals surface area contributed by atoms with Crippen molar-refractivity contribution in [3.63, 3.8) is 0 Å². The van der Waals surface area contributed by atoms with Gasteiger partial charge < -0.3 is 15.5 Å². The molecule has 0 aliphatic carbocycles. The van der Waals surface area contributed by atoms with Gasteiger partial charge in [0.05, 0.1) is 19.6 Å². The number of carboxylic acids is 1. The number of tetrazole rings is 1. The van der Waals surface area contributed by atoms with Gasteiger partial charge in [0, 0.05) is 21.8 Å². The molecule has 32 heavy (non-hydrogen) atoms. The van der Waals surface area contributed by atoms with E-state index in [0.717, 1.165) is 22.7 Å². The third kappa shape index (κ3) is 4.59. The van der Waals surface area contributed by atoms with Crippen LogP contribution in [0, 0.1) is 0 Å². The maximum absolute atomic E-state index is 12.7. The second-order valence-corrected chi connectivity index (χ2v) is 10.9. The zero-order valence-corrected chi connectivity index (χ0v) is 19.4. The third-order valence-corrected chi connectivity index (χ3v) is 8.95. The lowest BCUT2D eigenvalue weighted by Crippen LogP contribution is -2.70.